The maximum absolute atomic E-state index is 12.9. The Hall–Kier alpha value is -4.08. The molecule has 5 rings (SSSR count). The number of rotatable bonds is 4. The van der Waals surface area contributed by atoms with E-state index >= 15 is 0 Å². The number of nitrogens with zero attached hydrogens (tertiary/aromatic N) is 7. The van der Waals surface area contributed by atoms with Gasteiger partial charge in [0.25, 0.3) is 11.8 Å². The fourth-order valence-electron chi connectivity index (χ4n) is 3.28. The Kier molecular flexibility index (Phi) is 4.24. The van der Waals surface area contributed by atoms with Gasteiger partial charge >= 0.3 is 0 Å². The lowest BCUT2D eigenvalue weighted by Gasteiger charge is -2.30. The summed E-state index contributed by atoms with van der Waals surface area (Å²) in [5, 5.41) is 15.0. The second kappa shape index (κ2) is 7.07. The molecular weight excluding hydrogens is 384 g/mol. The zero-order valence-corrected chi connectivity index (χ0v) is 16.2. The fourth-order valence-corrected chi connectivity index (χ4v) is 3.28. The van der Waals surface area contributed by atoms with Crippen molar-refractivity contribution in [2.75, 3.05) is 18.4 Å². The van der Waals surface area contributed by atoms with Gasteiger partial charge in [-0.2, -0.15) is 0 Å². The molecule has 0 saturated carbocycles. The van der Waals surface area contributed by atoms with Crippen molar-refractivity contribution in [3.8, 4) is 11.4 Å². The summed E-state index contributed by atoms with van der Waals surface area (Å²) >= 11 is 0. The van der Waals surface area contributed by atoms with E-state index < -0.39 is 5.91 Å². The number of anilines is 1. The van der Waals surface area contributed by atoms with Crippen molar-refractivity contribution >= 4 is 23.1 Å². The molecule has 10 heteroatoms. The summed E-state index contributed by atoms with van der Waals surface area (Å²) in [6.45, 7) is 1.34. The molecule has 2 amide bonds. The lowest BCUT2D eigenvalue weighted by Crippen LogP contribution is -2.43. The molecule has 1 aromatic carbocycles. The molecule has 0 aliphatic carbocycles. The third-order valence-corrected chi connectivity index (χ3v) is 5.02. The Morgan fingerprint density at radius 3 is 2.63 bits per heavy atom. The van der Waals surface area contributed by atoms with Gasteiger partial charge in [-0.25, -0.2) is 14.2 Å². The van der Waals surface area contributed by atoms with E-state index in [4.69, 9.17) is 0 Å². The van der Waals surface area contributed by atoms with Crippen molar-refractivity contribution in [2.45, 2.75) is 6.42 Å². The molecule has 0 unspecified atom stereocenters. The molecule has 30 heavy (non-hydrogen) atoms. The van der Waals surface area contributed by atoms with Gasteiger partial charge in [0.15, 0.2) is 22.9 Å². The standard InChI is InChI=1S/C20H18N8O2/c1-26-17(16(23-25-26)20(30)27-9-5-10-27)19(29)21-14-8-11-28-15(12-14)22-18(24-28)13-6-3-2-4-7-13/h2-4,6-8,11-12H,5,9-10H2,1H3,(H,21,29). The molecule has 0 atom stereocenters. The number of fused-ring (bicyclic) bond motifs is 1. The van der Waals surface area contributed by atoms with Crippen LogP contribution in [-0.4, -0.2) is 59.4 Å². The van der Waals surface area contributed by atoms with Crippen molar-refractivity contribution < 1.29 is 9.59 Å². The molecule has 0 bridgehead atoms. The van der Waals surface area contributed by atoms with Gasteiger partial charge in [0.2, 0.25) is 0 Å². The van der Waals surface area contributed by atoms with Crippen molar-refractivity contribution in [1.29, 1.82) is 0 Å². The molecule has 0 spiro atoms. The molecule has 1 aliphatic heterocycles. The first kappa shape index (κ1) is 18.0. The van der Waals surface area contributed by atoms with Crippen LogP contribution >= 0.6 is 0 Å². The van der Waals surface area contributed by atoms with Crippen LogP contribution in [0.1, 0.15) is 27.4 Å². The summed E-state index contributed by atoms with van der Waals surface area (Å²) in [4.78, 5) is 31.6. The number of aryl methyl sites for hydroxylation is 1. The van der Waals surface area contributed by atoms with E-state index in [1.807, 2.05) is 30.3 Å². The maximum Gasteiger partial charge on any atom is 0.276 e. The first-order valence-electron chi connectivity index (χ1n) is 9.52. The predicted molar refractivity (Wildman–Crippen MR) is 108 cm³/mol. The number of amides is 2. The van der Waals surface area contributed by atoms with Crippen LogP contribution in [0, 0.1) is 0 Å². The van der Waals surface area contributed by atoms with Crippen LogP contribution in [-0.2, 0) is 7.05 Å². The van der Waals surface area contributed by atoms with Crippen LogP contribution in [0.2, 0.25) is 0 Å². The Balaban J connectivity index is 1.41. The highest BCUT2D eigenvalue weighted by Gasteiger charge is 2.30. The van der Waals surface area contributed by atoms with Gasteiger partial charge < -0.3 is 10.2 Å². The minimum absolute atomic E-state index is 0.0598. The number of hydrogen-bond donors (Lipinski definition) is 1. The van der Waals surface area contributed by atoms with E-state index in [1.54, 1.807) is 34.8 Å². The van der Waals surface area contributed by atoms with Gasteiger partial charge in [0, 0.05) is 43.7 Å². The summed E-state index contributed by atoms with van der Waals surface area (Å²) in [5.41, 5.74) is 2.21. The van der Waals surface area contributed by atoms with Crippen LogP contribution in [0.3, 0.4) is 0 Å². The number of carbonyl (C=O) groups excluding carboxylic acids is 2. The van der Waals surface area contributed by atoms with E-state index in [1.165, 1.54) is 4.68 Å². The third kappa shape index (κ3) is 3.08. The van der Waals surface area contributed by atoms with E-state index in [0.717, 1.165) is 12.0 Å². The van der Waals surface area contributed by atoms with Crippen molar-refractivity contribution in [2.24, 2.45) is 7.05 Å². The lowest BCUT2D eigenvalue weighted by molar-refractivity contribution is 0.0642. The van der Waals surface area contributed by atoms with Crippen molar-refractivity contribution in [3.05, 3.63) is 60.0 Å². The molecule has 1 aliphatic rings. The van der Waals surface area contributed by atoms with E-state index in [2.05, 4.69) is 25.7 Å². The van der Waals surface area contributed by atoms with E-state index in [-0.39, 0.29) is 17.3 Å². The molecule has 10 nitrogen and oxygen atoms in total. The molecule has 0 radical (unpaired) electrons. The van der Waals surface area contributed by atoms with Crippen LogP contribution in [0.5, 0.6) is 0 Å². The predicted octanol–water partition coefficient (Wildman–Crippen LogP) is 1.62. The van der Waals surface area contributed by atoms with Crippen LogP contribution in [0.15, 0.2) is 48.7 Å². The normalized spacial score (nSPS) is 13.3. The highest BCUT2D eigenvalue weighted by atomic mass is 16.2. The van der Waals surface area contributed by atoms with Gasteiger partial charge in [-0.3, -0.25) is 9.59 Å². The summed E-state index contributed by atoms with van der Waals surface area (Å²) in [6.07, 6.45) is 2.68. The van der Waals surface area contributed by atoms with E-state index in [9.17, 15) is 9.59 Å². The van der Waals surface area contributed by atoms with Crippen molar-refractivity contribution in [1.82, 2.24) is 34.5 Å². The van der Waals surface area contributed by atoms with Gasteiger partial charge in [-0.1, -0.05) is 35.5 Å². The van der Waals surface area contributed by atoms with Crippen LogP contribution in [0.25, 0.3) is 17.0 Å². The van der Waals surface area contributed by atoms with Crippen molar-refractivity contribution in [3.63, 3.8) is 0 Å². The molecule has 150 valence electrons. The Labute approximate surface area is 171 Å². The fraction of sp³-hybridized carbons (Fsp3) is 0.200. The minimum Gasteiger partial charge on any atom is -0.337 e. The molecule has 4 aromatic rings. The second-order valence-corrected chi connectivity index (χ2v) is 7.03. The minimum atomic E-state index is -0.460. The number of aromatic nitrogens is 6. The Morgan fingerprint density at radius 1 is 1.10 bits per heavy atom. The molecule has 1 fully saturated rings. The zero-order chi connectivity index (χ0) is 20.7. The average molecular weight is 402 g/mol. The molecule has 3 aromatic heterocycles. The number of likely N-dealkylation sites (tertiary alicyclic amines) is 1. The Bertz CT molecular complexity index is 1260. The maximum atomic E-state index is 12.9. The highest BCUT2D eigenvalue weighted by molar-refractivity contribution is 6.10. The first-order chi connectivity index (χ1) is 14.6. The quantitative estimate of drug-likeness (QED) is 0.555. The first-order valence-corrected chi connectivity index (χ1v) is 9.52. The molecule has 1 saturated heterocycles. The topological polar surface area (TPSA) is 110 Å². The molecular formula is C20H18N8O2. The van der Waals surface area contributed by atoms with Gasteiger partial charge in [-0.05, 0) is 12.5 Å². The SMILES string of the molecule is Cn1nnc(C(=O)N2CCC2)c1C(=O)Nc1ccn2nc(-c3ccccc3)nc2c1. The number of carbonyl (C=O) groups is 2. The average Bonchev–Trinajstić information content (AvgIpc) is 3.30. The summed E-state index contributed by atoms with van der Waals surface area (Å²) in [7, 11) is 1.59. The lowest BCUT2D eigenvalue weighted by atomic mass is 10.2. The smallest absolute Gasteiger partial charge is 0.276 e. The number of pyridine rings is 1. The van der Waals surface area contributed by atoms with Gasteiger partial charge in [0.05, 0.1) is 0 Å². The number of nitrogens with one attached hydrogen (secondary N) is 1. The summed E-state index contributed by atoms with van der Waals surface area (Å²) in [6, 6.07) is 13.1. The zero-order valence-electron chi connectivity index (χ0n) is 16.2. The number of benzene rings is 1. The van der Waals surface area contributed by atoms with Gasteiger partial charge in [0.1, 0.15) is 0 Å². The third-order valence-electron chi connectivity index (χ3n) is 5.02. The monoisotopic (exact) mass is 402 g/mol. The summed E-state index contributed by atoms with van der Waals surface area (Å²) < 4.78 is 2.95. The van der Waals surface area contributed by atoms with Crippen LogP contribution in [0.4, 0.5) is 5.69 Å². The summed E-state index contributed by atoms with van der Waals surface area (Å²) in [5.74, 6) is -0.143. The van der Waals surface area contributed by atoms with Gasteiger partial charge in [-0.15, -0.1) is 10.2 Å². The second-order valence-electron chi connectivity index (χ2n) is 7.03. The highest BCUT2D eigenvalue weighted by Crippen LogP contribution is 2.19. The molecule has 4 heterocycles. The molecule has 1 N–H and O–H groups in total. The van der Waals surface area contributed by atoms with Crippen LogP contribution < -0.4 is 5.32 Å². The largest absolute Gasteiger partial charge is 0.337 e. The van der Waals surface area contributed by atoms with E-state index in [0.29, 0.717) is 30.2 Å². The Morgan fingerprint density at radius 2 is 1.90 bits per heavy atom. The number of hydrogen-bond acceptors (Lipinski definition) is 6.